The third-order valence-corrected chi connectivity index (χ3v) is 4.97. The Morgan fingerprint density at radius 3 is 2.66 bits per heavy atom. The van der Waals surface area contributed by atoms with Gasteiger partial charge in [0.05, 0.1) is 19.7 Å². The highest BCUT2D eigenvalue weighted by Crippen LogP contribution is 2.34. The Hall–Kier alpha value is -2.99. The second kappa shape index (κ2) is 9.47. The number of aliphatic carboxylic acids is 1. The number of carboxylic acids is 1. The molecule has 0 bridgehead atoms. The molecular formula is C22H23ClN2O4. The van der Waals surface area contributed by atoms with E-state index >= 15 is 0 Å². The molecular weight excluding hydrogens is 392 g/mol. The van der Waals surface area contributed by atoms with Gasteiger partial charge in [0.2, 0.25) is 0 Å². The van der Waals surface area contributed by atoms with Gasteiger partial charge in [-0.1, -0.05) is 28.9 Å². The molecule has 1 aromatic heterocycles. The molecule has 0 atom stereocenters. The first-order chi connectivity index (χ1) is 14.0. The number of nitrogens with one attached hydrogen (secondary N) is 1. The predicted molar refractivity (Wildman–Crippen MR) is 114 cm³/mol. The Bertz CT molecular complexity index is 1030. The fourth-order valence-electron chi connectivity index (χ4n) is 3.40. The van der Waals surface area contributed by atoms with Gasteiger partial charge in [0.1, 0.15) is 12.4 Å². The normalized spacial score (nSPS) is 11.3. The van der Waals surface area contributed by atoms with E-state index < -0.39 is 5.97 Å². The molecule has 1 heterocycles. The minimum atomic E-state index is -0.941. The van der Waals surface area contributed by atoms with Gasteiger partial charge in [0.25, 0.3) is 0 Å². The maximum Gasteiger partial charge on any atom is 0.308 e. The maximum absolute atomic E-state index is 10.5. The Morgan fingerprint density at radius 2 is 1.97 bits per heavy atom. The van der Waals surface area contributed by atoms with Crippen LogP contribution >= 0.6 is 11.6 Å². The third kappa shape index (κ3) is 5.09. The van der Waals surface area contributed by atoms with Crippen LogP contribution in [0.2, 0.25) is 5.02 Å². The number of methoxy groups -OCH3 is 1. The van der Waals surface area contributed by atoms with Gasteiger partial charge in [-0.05, 0) is 42.3 Å². The van der Waals surface area contributed by atoms with Crippen molar-refractivity contribution in [2.24, 2.45) is 5.16 Å². The van der Waals surface area contributed by atoms with Crippen LogP contribution in [0.5, 0.6) is 5.75 Å². The Morgan fingerprint density at radius 1 is 1.21 bits per heavy atom. The van der Waals surface area contributed by atoms with Crippen molar-refractivity contribution in [3.05, 3.63) is 63.8 Å². The summed E-state index contributed by atoms with van der Waals surface area (Å²) in [6.07, 6.45) is 2.44. The number of fused-ring (bicyclic) bond motifs is 1. The molecule has 0 saturated carbocycles. The Balaban J connectivity index is 1.89. The van der Waals surface area contributed by atoms with E-state index in [1.54, 1.807) is 7.11 Å². The molecule has 7 heteroatoms. The molecule has 0 aliphatic heterocycles. The first-order valence-corrected chi connectivity index (χ1v) is 9.64. The van der Waals surface area contributed by atoms with Gasteiger partial charge in [-0.3, -0.25) is 4.79 Å². The monoisotopic (exact) mass is 414 g/mol. The first kappa shape index (κ1) is 20.7. The number of hydrogen-bond acceptors (Lipinski definition) is 4. The molecule has 152 valence electrons. The maximum atomic E-state index is 10.5. The van der Waals surface area contributed by atoms with E-state index in [0.717, 1.165) is 39.0 Å². The molecule has 0 saturated heterocycles. The Labute approximate surface area is 174 Å². The average molecular weight is 415 g/mol. The number of nitrogens with zero attached hydrogens (tertiary/aromatic N) is 1. The molecule has 0 spiro atoms. The summed E-state index contributed by atoms with van der Waals surface area (Å²) in [5.41, 5.74) is 5.47. The van der Waals surface area contributed by atoms with Crippen molar-refractivity contribution >= 4 is 34.7 Å². The van der Waals surface area contributed by atoms with Crippen LogP contribution in [0.15, 0.2) is 41.6 Å². The van der Waals surface area contributed by atoms with E-state index in [1.807, 2.05) is 43.3 Å². The van der Waals surface area contributed by atoms with Crippen LogP contribution in [0.1, 0.15) is 28.8 Å². The highest BCUT2D eigenvalue weighted by atomic mass is 35.5. The number of halogens is 1. The van der Waals surface area contributed by atoms with Crippen molar-refractivity contribution in [1.82, 2.24) is 4.98 Å². The average Bonchev–Trinajstić information content (AvgIpc) is 3.02. The zero-order chi connectivity index (χ0) is 20.8. The number of carboxylic acid groups (broad SMARTS) is 1. The quantitative estimate of drug-likeness (QED) is 0.300. The molecule has 0 aliphatic rings. The Kier molecular flexibility index (Phi) is 6.77. The number of hydrogen-bond donors (Lipinski definition) is 2. The first-order valence-electron chi connectivity index (χ1n) is 9.26. The zero-order valence-electron chi connectivity index (χ0n) is 16.4. The van der Waals surface area contributed by atoms with E-state index in [0.29, 0.717) is 24.5 Å². The summed E-state index contributed by atoms with van der Waals surface area (Å²) in [5, 5.41) is 14.1. The number of oxime groups is 1. The van der Waals surface area contributed by atoms with Crippen molar-refractivity contribution in [1.29, 1.82) is 0 Å². The van der Waals surface area contributed by atoms with E-state index in [-0.39, 0.29) is 6.42 Å². The van der Waals surface area contributed by atoms with Crippen LogP contribution in [0.25, 0.3) is 10.9 Å². The third-order valence-electron chi connectivity index (χ3n) is 4.72. The van der Waals surface area contributed by atoms with Crippen molar-refractivity contribution in [2.45, 2.75) is 26.2 Å². The zero-order valence-corrected chi connectivity index (χ0v) is 17.1. The van der Waals surface area contributed by atoms with Crippen molar-refractivity contribution in [3.8, 4) is 5.75 Å². The lowest BCUT2D eigenvalue weighted by atomic mass is 9.96. The van der Waals surface area contributed by atoms with Crippen LogP contribution in [0, 0.1) is 6.92 Å². The van der Waals surface area contributed by atoms with E-state index in [9.17, 15) is 4.79 Å². The summed E-state index contributed by atoms with van der Waals surface area (Å²) in [4.78, 5) is 19.2. The molecule has 2 aromatic carbocycles. The number of aromatic amines is 1. The van der Waals surface area contributed by atoms with E-state index in [1.165, 1.54) is 6.21 Å². The topological polar surface area (TPSA) is 83.9 Å². The lowest BCUT2D eigenvalue weighted by molar-refractivity contribution is -0.135. The summed E-state index contributed by atoms with van der Waals surface area (Å²) >= 11 is 6.02. The SMILES string of the molecule is COc1ccc2[nH]c(C)c(CCON=CCC(=O)O)c2c1Cc1ccc(Cl)cc1. The summed E-state index contributed by atoms with van der Waals surface area (Å²) in [5.74, 6) is -0.114. The highest BCUT2D eigenvalue weighted by molar-refractivity contribution is 6.30. The number of aryl methyl sites for hydroxylation is 1. The molecule has 0 unspecified atom stereocenters. The smallest absolute Gasteiger partial charge is 0.308 e. The summed E-state index contributed by atoms with van der Waals surface area (Å²) in [6.45, 7) is 2.38. The van der Waals surface area contributed by atoms with Crippen LogP contribution < -0.4 is 4.74 Å². The number of benzene rings is 2. The molecule has 6 nitrogen and oxygen atoms in total. The second-order valence-corrected chi connectivity index (χ2v) is 7.11. The summed E-state index contributed by atoms with van der Waals surface area (Å²) in [6, 6.07) is 11.8. The van der Waals surface area contributed by atoms with Gasteiger partial charge in [-0.15, -0.1) is 0 Å². The molecule has 0 fully saturated rings. The fraction of sp³-hybridized carbons (Fsp3) is 0.273. The highest BCUT2D eigenvalue weighted by Gasteiger charge is 2.17. The van der Waals surface area contributed by atoms with Gasteiger partial charge in [-0.25, -0.2) is 0 Å². The number of carbonyl (C=O) groups is 1. The second-order valence-electron chi connectivity index (χ2n) is 6.67. The summed E-state index contributed by atoms with van der Waals surface area (Å²) < 4.78 is 5.64. The lowest BCUT2D eigenvalue weighted by Crippen LogP contribution is -2.00. The predicted octanol–water partition coefficient (Wildman–Crippen LogP) is 4.75. The standard InChI is InChI=1S/C22H23ClN2O4/c1-14-17(10-12-29-24-11-9-21(26)27)22-18(13-15-3-5-16(23)6-4-15)20(28-2)8-7-19(22)25-14/h3-8,11,25H,9-10,12-13H2,1-2H3,(H,26,27). The number of ether oxygens (including phenoxy) is 1. The van der Waals surface area contributed by atoms with Gasteiger partial charge >= 0.3 is 5.97 Å². The number of aromatic nitrogens is 1. The van der Waals surface area contributed by atoms with Crippen LogP contribution in [-0.4, -0.2) is 36.0 Å². The molecule has 0 radical (unpaired) electrons. The molecule has 2 N–H and O–H groups in total. The molecule has 0 amide bonds. The van der Waals surface area contributed by atoms with E-state index in [2.05, 4.69) is 10.1 Å². The minimum Gasteiger partial charge on any atom is -0.496 e. The fourth-order valence-corrected chi connectivity index (χ4v) is 3.52. The van der Waals surface area contributed by atoms with Crippen LogP contribution in [-0.2, 0) is 22.5 Å². The molecule has 3 aromatic rings. The van der Waals surface area contributed by atoms with Gasteiger partial charge < -0.3 is 19.7 Å². The van der Waals surface area contributed by atoms with Gasteiger partial charge in [-0.2, -0.15) is 0 Å². The van der Waals surface area contributed by atoms with Crippen molar-refractivity contribution in [2.75, 3.05) is 13.7 Å². The largest absolute Gasteiger partial charge is 0.496 e. The van der Waals surface area contributed by atoms with E-state index in [4.69, 9.17) is 26.3 Å². The molecule has 29 heavy (non-hydrogen) atoms. The minimum absolute atomic E-state index is 0.158. The summed E-state index contributed by atoms with van der Waals surface area (Å²) in [7, 11) is 1.67. The lowest BCUT2D eigenvalue weighted by Gasteiger charge is -2.12. The van der Waals surface area contributed by atoms with Gasteiger partial charge in [0, 0.05) is 40.0 Å². The van der Waals surface area contributed by atoms with Gasteiger partial charge in [0.15, 0.2) is 0 Å². The molecule has 3 rings (SSSR count). The van der Waals surface area contributed by atoms with Crippen molar-refractivity contribution < 1.29 is 19.5 Å². The van der Waals surface area contributed by atoms with Crippen molar-refractivity contribution in [3.63, 3.8) is 0 Å². The number of H-pyrrole nitrogens is 1. The van der Waals surface area contributed by atoms with Crippen LogP contribution in [0.3, 0.4) is 0 Å². The molecule has 0 aliphatic carbocycles. The van der Waals surface area contributed by atoms with Crippen LogP contribution in [0.4, 0.5) is 0 Å². The number of rotatable bonds is 9.